The highest BCUT2D eigenvalue weighted by atomic mass is 79.9. The molecule has 2 aromatic carbocycles. The summed E-state index contributed by atoms with van der Waals surface area (Å²) in [5.74, 6) is 0.120. The van der Waals surface area contributed by atoms with Crippen LogP contribution >= 0.6 is 15.9 Å². The first-order valence-electron chi connectivity index (χ1n) is 9.52. The van der Waals surface area contributed by atoms with Crippen molar-refractivity contribution < 1.29 is 18.0 Å². The zero-order chi connectivity index (χ0) is 22.2. The quantitative estimate of drug-likeness (QED) is 0.592. The first-order valence-corrected chi connectivity index (χ1v) is 10.3. The van der Waals surface area contributed by atoms with E-state index in [-0.39, 0.29) is 24.4 Å². The average molecular weight is 492 g/mol. The van der Waals surface area contributed by atoms with Gasteiger partial charge in [0.25, 0.3) is 11.5 Å². The maximum atomic E-state index is 12.9. The molecule has 1 N–H and O–H groups in total. The third kappa shape index (κ3) is 4.71. The Morgan fingerprint density at radius 3 is 2.68 bits per heavy atom. The Hall–Kier alpha value is -2.94. The van der Waals surface area contributed by atoms with Gasteiger partial charge in [-0.3, -0.25) is 9.59 Å². The number of benzene rings is 2. The molecule has 3 aromatic rings. The smallest absolute Gasteiger partial charge is 0.334 e. The number of nitrogens with one attached hydrogen (secondary N) is 1. The molecule has 1 aliphatic rings. The first-order chi connectivity index (χ1) is 14.7. The van der Waals surface area contributed by atoms with Gasteiger partial charge < -0.3 is 9.88 Å². The third-order valence-corrected chi connectivity index (χ3v) is 5.60. The molecule has 1 amide bonds. The van der Waals surface area contributed by atoms with E-state index in [9.17, 15) is 22.8 Å². The molecule has 0 radical (unpaired) electrons. The van der Waals surface area contributed by atoms with Crippen LogP contribution in [0, 0.1) is 0 Å². The molecule has 0 unspecified atom stereocenters. The van der Waals surface area contributed by atoms with Crippen molar-refractivity contribution in [2.45, 2.75) is 25.6 Å². The monoisotopic (exact) mass is 491 g/mol. The molecular weight excluding hydrogens is 475 g/mol. The molecule has 0 saturated carbocycles. The molecule has 0 fully saturated rings. The van der Waals surface area contributed by atoms with Gasteiger partial charge in [-0.05, 0) is 29.8 Å². The molecule has 4 rings (SSSR count). The topological polar surface area (TPSA) is 66.1 Å². The molecule has 160 valence electrons. The summed E-state index contributed by atoms with van der Waals surface area (Å²) >= 11 is 3.34. The molecular formula is C22H17BrF3N3O2. The number of aromatic amines is 1. The number of rotatable bonds is 3. The number of H-pyrrole nitrogens is 1. The van der Waals surface area contributed by atoms with Crippen molar-refractivity contribution in [3.8, 4) is 0 Å². The highest BCUT2D eigenvalue weighted by Crippen LogP contribution is 2.30. The number of hydrogen-bond donors (Lipinski definition) is 1. The normalized spacial score (nSPS) is 13.7. The molecule has 0 atom stereocenters. The molecule has 1 aliphatic heterocycles. The Morgan fingerprint density at radius 2 is 1.94 bits per heavy atom. The van der Waals surface area contributed by atoms with Gasteiger partial charge in [0.05, 0.1) is 23.4 Å². The summed E-state index contributed by atoms with van der Waals surface area (Å²) in [6.45, 7) is 0.532. The summed E-state index contributed by atoms with van der Waals surface area (Å²) in [5, 5.41) is 0. The summed E-state index contributed by atoms with van der Waals surface area (Å²) in [5.41, 5.74) is 0.778. The van der Waals surface area contributed by atoms with E-state index >= 15 is 0 Å². The number of halogens is 4. The van der Waals surface area contributed by atoms with E-state index in [1.54, 1.807) is 29.2 Å². The molecule has 0 spiro atoms. The van der Waals surface area contributed by atoms with Crippen molar-refractivity contribution in [1.29, 1.82) is 0 Å². The minimum absolute atomic E-state index is 0.0765. The Balaban J connectivity index is 1.55. The molecule has 0 aliphatic carbocycles. The summed E-state index contributed by atoms with van der Waals surface area (Å²) in [7, 11) is 0. The van der Waals surface area contributed by atoms with Crippen molar-refractivity contribution >= 4 is 21.8 Å². The van der Waals surface area contributed by atoms with E-state index < -0.39 is 11.7 Å². The van der Waals surface area contributed by atoms with Crippen LogP contribution in [0.4, 0.5) is 13.2 Å². The van der Waals surface area contributed by atoms with Crippen molar-refractivity contribution in [2.24, 2.45) is 0 Å². The predicted molar refractivity (Wildman–Crippen MR) is 112 cm³/mol. The molecule has 9 heteroatoms. The molecule has 0 saturated heterocycles. The minimum atomic E-state index is -4.43. The largest absolute Gasteiger partial charge is 0.416 e. The number of aromatic nitrogens is 2. The fraction of sp³-hybridized carbons (Fsp3) is 0.227. The van der Waals surface area contributed by atoms with Gasteiger partial charge >= 0.3 is 6.18 Å². The summed E-state index contributed by atoms with van der Waals surface area (Å²) in [6, 6.07) is 12.0. The molecule has 2 heterocycles. The van der Waals surface area contributed by atoms with Gasteiger partial charge in [0, 0.05) is 29.4 Å². The summed E-state index contributed by atoms with van der Waals surface area (Å²) < 4.78 is 39.6. The predicted octanol–water partition coefficient (Wildman–Crippen LogP) is 4.34. The number of fused-ring (bicyclic) bond motifs is 1. The average Bonchev–Trinajstić information content (AvgIpc) is 2.73. The van der Waals surface area contributed by atoms with E-state index in [4.69, 9.17) is 0 Å². The van der Waals surface area contributed by atoms with Crippen LogP contribution in [0.2, 0.25) is 0 Å². The van der Waals surface area contributed by atoms with Gasteiger partial charge in [-0.1, -0.05) is 40.2 Å². The van der Waals surface area contributed by atoms with Gasteiger partial charge in [-0.25, -0.2) is 4.98 Å². The maximum Gasteiger partial charge on any atom is 0.416 e. The van der Waals surface area contributed by atoms with Crippen LogP contribution in [-0.4, -0.2) is 27.3 Å². The maximum absolute atomic E-state index is 12.9. The second-order valence-corrected chi connectivity index (χ2v) is 8.22. The Kier molecular flexibility index (Phi) is 5.70. The molecule has 1 aromatic heterocycles. The molecule has 0 bridgehead atoms. The molecule has 5 nitrogen and oxygen atoms in total. The van der Waals surface area contributed by atoms with Crippen LogP contribution in [-0.2, 0) is 25.6 Å². The fourth-order valence-corrected chi connectivity index (χ4v) is 3.99. The van der Waals surface area contributed by atoms with Gasteiger partial charge in [0.2, 0.25) is 0 Å². The number of carbonyl (C=O) groups excluding carboxylic acids is 1. The van der Waals surface area contributed by atoms with Gasteiger partial charge in [-0.15, -0.1) is 0 Å². The van der Waals surface area contributed by atoms with Crippen molar-refractivity contribution in [3.05, 3.63) is 97.1 Å². The molecule has 31 heavy (non-hydrogen) atoms. The number of nitrogens with zero attached hydrogens (tertiary/aromatic N) is 2. The van der Waals surface area contributed by atoms with Crippen molar-refractivity contribution in [2.75, 3.05) is 6.54 Å². The zero-order valence-electron chi connectivity index (χ0n) is 16.2. The first kappa shape index (κ1) is 21.3. The number of hydrogen-bond acceptors (Lipinski definition) is 3. The van der Waals surface area contributed by atoms with Crippen molar-refractivity contribution in [1.82, 2.24) is 14.9 Å². The van der Waals surface area contributed by atoms with Crippen LogP contribution < -0.4 is 5.56 Å². The summed E-state index contributed by atoms with van der Waals surface area (Å²) in [6.07, 6.45) is -3.96. The van der Waals surface area contributed by atoms with Crippen LogP contribution in [0.15, 0.2) is 57.8 Å². The van der Waals surface area contributed by atoms with E-state index in [0.717, 1.165) is 16.6 Å². The van der Waals surface area contributed by atoms with E-state index in [0.29, 0.717) is 41.2 Å². The van der Waals surface area contributed by atoms with E-state index in [2.05, 4.69) is 25.9 Å². The number of carbonyl (C=O) groups is 1. The Morgan fingerprint density at radius 1 is 1.16 bits per heavy atom. The van der Waals surface area contributed by atoms with Gasteiger partial charge in [0.1, 0.15) is 5.82 Å². The fourth-order valence-electron chi connectivity index (χ4n) is 3.59. The van der Waals surface area contributed by atoms with Crippen molar-refractivity contribution in [3.63, 3.8) is 0 Å². The second kappa shape index (κ2) is 8.30. The van der Waals surface area contributed by atoms with Crippen LogP contribution in [0.5, 0.6) is 0 Å². The highest BCUT2D eigenvalue weighted by Gasteiger charge is 2.30. The standard InChI is InChI=1S/C22H17BrF3N3O2/c23-16-6-2-4-14(11-16)21(31)29-8-7-18-17(12-29)20(30)28-19(27-18)10-13-3-1-5-15(9-13)22(24,25)26/h1-6,9,11H,7-8,10,12H2,(H,27,28,30). The minimum Gasteiger partial charge on any atom is -0.334 e. The second-order valence-electron chi connectivity index (χ2n) is 7.30. The summed E-state index contributed by atoms with van der Waals surface area (Å²) in [4.78, 5) is 34.1. The van der Waals surface area contributed by atoms with Crippen LogP contribution in [0.3, 0.4) is 0 Å². The van der Waals surface area contributed by atoms with E-state index in [1.165, 1.54) is 6.07 Å². The SMILES string of the molecule is O=C(c1cccc(Br)c1)N1CCc2nc(Cc3cccc(C(F)(F)F)c3)[nH]c(=O)c2C1. The zero-order valence-corrected chi connectivity index (χ0v) is 17.8. The van der Waals surface area contributed by atoms with Crippen LogP contribution in [0.25, 0.3) is 0 Å². The highest BCUT2D eigenvalue weighted by molar-refractivity contribution is 9.10. The number of amides is 1. The lowest BCUT2D eigenvalue weighted by molar-refractivity contribution is -0.137. The van der Waals surface area contributed by atoms with Crippen LogP contribution in [0.1, 0.15) is 38.6 Å². The lowest BCUT2D eigenvalue weighted by Gasteiger charge is -2.28. The lowest BCUT2D eigenvalue weighted by Crippen LogP contribution is -2.39. The Labute approximate surface area is 184 Å². The third-order valence-electron chi connectivity index (χ3n) is 5.10. The van der Waals surface area contributed by atoms with E-state index in [1.807, 2.05) is 6.07 Å². The lowest BCUT2D eigenvalue weighted by atomic mass is 10.0. The van der Waals surface area contributed by atoms with Gasteiger partial charge in [-0.2, -0.15) is 13.2 Å². The van der Waals surface area contributed by atoms with Gasteiger partial charge in [0.15, 0.2) is 0 Å². The Bertz CT molecular complexity index is 1210. The number of alkyl halides is 3.